The van der Waals surface area contributed by atoms with Crippen molar-refractivity contribution >= 4 is 11.8 Å². The number of hydrogen-bond donors (Lipinski definition) is 2. The van der Waals surface area contributed by atoms with E-state index in [1.807, 2.05) is 0 Å². The van der Waals surface area contributed by atoms with E-state index in [1.165, 1.54) is 54.8 Å². The van der Waals surface area contributed by atoms with Gasteiger partial charge in [-0.1, -0.05) is 0 Å². The Morgan fingerprint density at radius 2 is 0.812 bits per heavy atom. The number of amides is 2. The number of benzene rings is 2. The molecule has 2 N–H and O–H groups in total. The summed E-state index contributed by atoms with van der Waals surface area (Å²) in [5.74, 6) is 1.56. The predicted molar refractivity (Wildman–Crippen MR) is 117 cm³/mol. The topological polar surface area (TPSA) is 114 Å². The van der Waals surface area contributed by atoms with Crippen LogP contribution in [0.15, 0.2) is 24.3 Å². The van der Waals surface area contributed by atoms with Gasteiger partial charge in [0.05, 0.1) is 53.8 Å². The van der Waals surface area contributed by atoms with Crippen molar-refractivity contribution in [3.8, 4) is 34.5 Å². The zero-order valence-electron chi connectivity index (χ0n) is 19.0. The maximum Gasteiger partial charge on any atom is 0.255 e. The number of ether oxygens (including phenoxy) is 6. The van der Waals surface area contributed by atoms with E-state index in [1.54, 1.807) is 12.1 Å². The van der Waals surface area contributed by atoms with Crippen LogP contribution < -0.4 is 39.1 Å². The summed E-state index contributed by atoms with van der Waals surface area (Å²) in [7, 11) is 8.84. The molecule has 0 unspecified atom stereocenters. The van der Waals surface area contributed by atoms with Gasteiger partial charge in [-0.25, -0.2) is 0 Å². The summed E-state index contributed by atoms with van der Waals surface area (Å²) in [6.07, 6.45) is 0. The zero-order chi connectivity index (χ0) is 23.7. The molecule has 32 heavy (non-hydrogen) atoms. The minimum absolute atomic E-state index is 0.178. The summed E-state index contributed by atoms with van der Waals surface area (Å²) in [5.41, 5.74) is 0.552. The fraction of sp³-hybridized carbons (Fsp3) is 0.364. The molecule has 0 aromatic heterocycles. The molecule has 0 aliphatic heterocycles. The molecule has 0 saturated heterocycles. The van der Waals surface area contributed by atoms with Crippen molar-refractivity contribution in [3.63, 3.8) is 0 Å². The number of nitrogens with one attached hydrogen (secondary N) is 2. The molecule has 2 amide bonds. The quantitative estimate of drug-likeness (QED) is 0.501. The lowest BCUT2D eigenvalue weighted by molar-refractivity contribution is 0.0924. The summed E-state index contributed by atoms with van der Waals surface area (Å²) < 4.78 is 31.5. The third kappa shape index (κ3) is 5.45. The highest BCUT2D eigenvalue weighted by molar-refractivity contribution is 5.99. The van der Waals surface area contributed by atoms with Crippen LogP contribution in [0.25, 0.3) is 0 Å². The van der Waals surface area contributed by atoms with Gasteiger partial charge in [-0.3, -0.25) is 9.59 Å². The summed E-state index contributed by atoms with van der Waals surface area (Å²) >= 11 is 0. The molecule has 0 bridgehead atoms. The predicted octanol–water partition coefficient (Wildman–Crippen LogP) is 1.90. The molecule has 0 saturated carbocycles. The Morgan fingerprint density at radius 1 is 0.531 bits per heavy atom. The molecular weight excluding hydrogens is 420 g/mol. The summed E-state index contributed by atoms with van der Waals surface area (Å²) in [6, 6.07) is 6.19. The Balaban J connectivity index is 2.03. The number of rotatable bonds is 11. The van der Waals surface area contributed by atoms with Crippen molar-refractivity contribution in [2.24, 2.45) is 0 Å². The molecule has 0 heterocycles. The molecule has 174 valence electrons. The van der Waals surface area contributed by atoms with E-state index in [9.17, 15) is 9.59 Å². The number of carbonyl (C=O) groups is 2. The van der Waals surface area contributed by atoms with E-state index >= 15 is 0 Å². The fourth-order valence-electron chi connectivity index (χ4n) is 2.96. The first-order chi connectivity index (χ1) is 15.4. The second kappa shape index (κ2) is 11.5. The SMILES string of the molecule is COc1cc(OC)c(C(=O)NCCNC(=O)c2cc(OC)c(OC)cc2OC)cc1OC. The van der Waals surface area contributed by atoms with Crippen LogP contribution in [0.3, 0.4) is 0 Å². The standard InChI is InChI=1S/C22H28N2O8/c1-27-15-11-19(31-5)17(29-3)9-13(15)21(25)23-7-8-24-22(26)14-10-18(30-4)20(32-6)12-16(14)28-2/h9-12H,7-8H2,1-6H3,(H,23,25)(H,24,26). The minimum Gasteiger partial charge on any atom is -0.496 e. The monoisotopic (exact) mass is 448 g/mol. The van der Waals surface area contributed by atoms with Gasteiger partial charge in [-0.2, -0.15) is 0 Å². The van der Waals surface area contributed by atoms with E-state index in [-0.39, 0.29) is 36.0 Å². The highest BCUT2D eigenvalue weighted by Gasteiger charge is 2.19. The molecule has 0 aliphatic carbocycles. The third-order valence-corrected chi connectivity index (χ3v) is 4.60. The summed E-state index contributed by atoms with van der Waals surface area (Å²) in [4.78, 5) is 25.2. The Kier molecular flexibility index (Phi) is 8.82. The Labute approximate surface area is 186 Å². The normalized spacial score (nSPS) is 10.1. The largest absolute Gasteiger partial charge is 0.496 e. The van der Waals surface area contributed by atoms with Crippen LogP contribution in [-0.4, -0.2) is 67.6 Å². The van der Waals surface area contributed by atoms with E-state index in [0.29, 0.717) is 34.5 Å². The van der Waals surface area contributed by atoms with Crippen LogP contribution in [0.4, 0.5) is 0 Å². The lowest BCUT2D eigenvalue weighted by Crippen LogP contribution is -2.35. The van der Waals surface area contributed by atoms with Crippen LogP contribution in [0, 0.1) is 0 Å². The highest BCUT2D eigenvalue weighted by Crippen LogP contribution is 2.35. The molecule has 0 aliphatic rings. The van der Waals surface area contributed by atoms with Gasteiger partial charge in [-0.05, 0) is 0 Å². The number of carbonyl (C=O) groups excluding carboxylic acids is 2. The van der Waals surface area contributed by atoms with Gasteiger partial charge >= 0.3 is 0 Å². The van der Waals surface area contributed by atoms with Gasteiger partial charge in [0.25, 0.3) is 11.8 Å². The molecular formula is C22H28N2O8. The number of hydrogen-bond acceptors (Lipinski definition) is 8. The van der Waals surface area contributed by atoms with Crippen molar-refractivity contribution < 1.29 is 38.0 Å². The molecule has 2 aromatic carbocycles. The van der Waals surface area contributed by atoms with Crippen LogP contribution in [0.2, 0.25) is 0 Å². The molecule has 0 atom stereocenters. The lowest BCUT2D eigenvalue weighted by Gasteiger charge is -2.15. The molecule has 10 nitrogen and oxygen atoms in total. The average Bonchev–Trinajstić information content (AvgIpc) is 2.84. The number of methoxy groups -OCH3 is 6. The molecule has 0 spiro atoms. The Hall–Kier alpha value is -3.82. The van der Waals surface area contributed by atoms with Crippen molar-refractivity contribution in [2.45, 2.75) is 0 Å². The molecule has 2 aromatic rings. The lowest BCUT2D eigenvalue weighted by atomic mass is 10.1. The van der Waals surface area contributed by atoms with Crippen molar-refractivity contribution in [1.82, 2.24) is 10.6 Å². The molecule has 0 fully saturated rings. The maximum absolute atomic E-state index is 12.6. The van der Waals surface area contributed by atoms with Crippen LogP contribution >= 0.6 is 0 Å². The first-order valence-corrected chi connectivity index (χ1v) is 9.60. The molecule has 2 rings (SSSR count). The smallest absolute Gasteiger partial charge is 0.255 e. The van der Waals surface area contributed by atoms with Crippen molar-refractivity contribution in [1.29, 1.82) is 0 Å². The van der Waals surface area contributed by atoms with Gasteiger partial charge < -0.3 is 39.1 Å². The Morgan fingerprint density at radius 3 is 1.09 bits per heavy atom. The van der Waals surface area contributed by atoms with Crippen molar-refractivity contribution in [3.05, 3.63) is 35.4 Å². The van der Waals surface area contributed by atoms with E-state index < -0.39 is 0 Å². The summed E-state index contributed by atoms with van der Waals surface area (Å²) in [5, 5.41) is 5.47. The van der Waals surface area contributed by atoms with Crippen molar-refractivity contribution in [2.75, 3.05) is 55.7 Å². The van der Waals surface area contributed by atoms with E-state index in [4.69, 9.17) is 28.4 Å². The van der Waals surface area contributed by atoms with Crippen LogP contribution in [0.5, 0.6) is 34.5 Å². The zero-order valence-corrected chi connectivity index (χ0v) is 19.0. The third-order valence-electron chi connectivity index (χ3n) is 4.60. The second-order valence-electron chi connectivity index (χ2n) is 6.33. The molecule has 0 radical (unpaired) electrons. The van der Waals surface area contributed by atoms with Crippen LogP contribution in [-0.2, 0) is 0 Å². The van der Waals surface area contributed by atoms with Gasteiger partial charge in [-0.15, -0.1) is 0 Å². The van der Waals surface area contributed by atoms with Crippen LogP contribution in [0.1, 0.15) is 20.7 Å². The fourth-order valence-corrected chi connectivity index (χ4v) is 2.96. The van der Waals surface area contributed by atoms with Gasteiger partial charge in [0, 0.05) is 37.4 Å². The highest BCUT2D eigenvalue weighted by atomic mass is 16.5. The van der Waals surface area contributed by atoms with Gasteiger partial charge in [0.1, 0.15) is 11.5 Å². The average molecular weight is 448 g/mol. The van der Waals surface area contributed by atoms with Gasteiger partial charge in [0.15, 0.2) is 23.0 Å². The second-order valence-corrected chi connectivity index (χ2v) is 6.33. The first kappa shape index (κ1) is 24.4. The Bertz CT molecular complexity index is 884. The summed E-state index contributed by atoms with van der Waals surface area (Å²) in [6.45, 7) is 0.357. The van der Waals surface area contributed by atoms with E-state index in [0.717, 1.165) is 0 Å². The molecule has 10 heteroatoms. The maximum atomic E-state index is 12.6. The minimum atomic E-state index is -0.388. The first-order valence-electron chi connectivity index (χ1n) is 9.60. The van der Waals surface area contributed by atoms with E-state index in [2.05, 4.69) is 10.6 Å². The van der Waals surface area contributed by atoms with Gasteiger partial charge in [0.2, 0.25) is 0 Å².